The number of fused-ring (bicyclic) bond motifs is 5. The summed E-state index contributed by atoms with van der Waals surface area (Å²) in [5.41, 5.74) is 2.00. The molecule has 0 unspecified atom stereocenters. The fraction of sp³-hybridized carbons (Fsp3) is 0.385. The van der Waals surface area contributed by atoms with Crippen molar-refractivity contribution in [1.82, 2.24) is 0 Å². The Morgan fingerprint density at radius 3 is 2.36 bits per heavy atom. The van der Waals surface area contributed by atoms with Crippen LogP contribution in [-0.2, 0) is 25.5 Å². The fourth-order valence-corrected chi connectivity index (χ4v) is 7.05. The van der Waals surface area contributed by atoms with E-state index in [1.54, 1.807) is 18.2 Å². The molecule has 2 bridgehead atoms. The Kier molecular flexibility index (Phi) is 6.87. The topological polar surface area (TPSA) is 92.8 Å². The van der Waals surface area contributed by atoms with Crippen molar-refractivity contribution in [3.05, 3.63) is 58.1 Å². The molecule has 3 fully saturated rings. The second-order valence-corrected chi connectivity index (χ2v) is 11.3. The maximum atomic E-state index is 13.2. The van der Waals surface area contributed by atoms with Crippen LogP contribution in [0.3, 0.4) is 0 Å². The molecule has 7 nitrogen and oxygen atoms in total. The van der Waals surface area contributed by atoms with Crippen LogP contribution in [0.15, 0.2) is 46.9 Å². The zero-order chi connectivity index (χ0) is 25.7. The van der Waals surface area contributed by atoms with Crippen molar-refractivity contribution in [2.45, 2.75) is 30.5 Å². The van der Waals surface area contributed by atoms with E-state index in [-0.39, 0.29) is 45.7 Å². The number of benzene rings is 2. The molecule has 1 saturated heterocycles. The molecule has 2 saturated carbocycles. The molecule has 6 atom stereocenters. The lowest BCUT2D eigenvalue weighted by atomic mass is 9.80. The number of hydrogen-bond donors (Lipinski definition) is 1. The number of hydrogen-bond acceptors (Lipinski definition) is 5. The normalized spacial score (nSPS) is 28.4. The average Bonchev–Trinajstić information content (AvgIpc) is 3.48. The van der Waals surface area contributed by atoms with Gasteiger partial charge in [0.2, 0.25) is 11.8 Å². The zero-order valence-electron chi connectivity index (χ0n) is 19.2. The molecule has 3 aliphatic rings. The number of carbonyl (C=O) groups is 4. The highest BCUT2D eigenvalue weighted by molar-refractivity contribution is 9.10. The Morgan fingerprint density at radius 2 is 1.72 bits per heavy atom. The summed E-state index contributed by atoms with van der Waals surface area (Å²) in [5.74, 6) is -3.05. The number of amides is 3. The molecule has 0 radical (unpaired) electrons. The van der Waals surface area contributed by atoms with Crippen LogP contribution in [0.5, 0.6) is 0 Å². The molecule has 1 heterocycles. The quantitative estimate of drug-likeness (QED) is 0.296. The molecule has 1 aliphatic heterocycles. The molecule has 1 N–H and O–H groups in total. The largest absolute Gasteiger partial charge is 0.452 e. The molecular weight excluding hydrogens is 571 g/mol. The molecule has 0 spiro atoms. The highest BCUT2D eigenvalue weighted by Gasteiger charge is 2.66. The van der Waals surface area contributed by atoms with Gasteiger partial charge in [-0.2, -0.15) is 0 Å². The van der Waals surface area contributed by atoms with Crippen LogP contribution in [0.25, 0.3) is 0 Å². The van der Waals surface area contributed by atoms with Gasteiger partial charge in [0.05, 0.1) is 33.8 Å². The van der Waals surface area contributed by atoms with Gasteiger partial charge in [-0.1, -0.05) is 28.9 Å². The van der Waals surface area contributed by atoms with E-state index in [1.807, 2.05) is 19.1 Å². The minimum absolute atomic E-state index is 0.128. The van der Waals surface area contributed by atoms with Crippen LogP contribution >= 0.6 is 39.1 Å². The van der Waals surface area contributed by atoms with Crippen LogP contribution in [0.4, 0.5) is 11.4 Å². The minimum Gasteiger partial charge on any atom is -0.452 e. The third-order valence-electron chi connectivity index (χ3n) is 7.38. The van der Waals surface area contributed by atoms with E-state index >= 15 is 0 Å². The first-order valence-corrected chi connectivity index (χ1v) is 13.4. The Bertz CT molecular complexity index is 1240. The summed E-state index contributed by atoms with van der Waals surface area (Å²) >= 11 is 16.3. The van der Waals surface area contributed by atoms with Crippen LogP contribution in [0, 0.1) is 23.7 Å². The lowest BCUT2D eigenvalue weighted by Crippen LogP contribution is -2.37. The number of anilines is 2. The smallest absolute Gasteiger partial charge is 0.338 e. The van der Waals surface area contributed by atoms with Gasteiger partial charge < -0.3 is 10.1 Å². The number of nitrogens with one attached hydrogen (secondary N) is 1. The number of imide groups is 1. The summed E-state index contributed by atoms with van der Waals surface area (Å²) in [6.45, 7) is 1.49. The number of rotatable bonds is 6. The SMILES string of the molecule is CCc1cc(Br)ccc1NC(=O)COC(=O)c1cccc(N2C(=O)[C@@H]3[C@H]4C[C@@H]([C@H](Cl)[C@@H]4Cl)[C@@H]3C2=O)c1. The summed E-state index contributed by atoms with van der Waals surface area (Å²) in [6, 6.07) is 11.6. The molecule has 188 valence electrons. The molecule has 10 heteroatoms. The van der Waals surface area contributed by atoms with E-state index in [1.165, 1.54) is 12.1 Å². The van der Waals surface area contributed by atoms with Crippen molar-refractivity contribution in [3.8, 4) is 0 Å². The third kappa shape index (κ3) is 4.23. The third-order valence-corrected chi connectivity index (χ3v) is 9.20. The van der Waals surface area contributed by atoms with Crippen molar-refractivity contribution < 1.29 is 23.9 Å². The van der Waals surface area contributed by atoms with Gasteiger partial charge in [0.1, 0.15) is 0 Å². The monoisotopic (exact) mass is 592 g/mol. The van der Waals surface area contributed by atoms with Crippen LogP contribution in [0.1, 0.15) is 29.3 Å². The van der Waals surface area contributed by atoms with Crippen molar-refractivity contribution in [2.24, 2.45) is 23.7 Å². The molecule has 3 amide bonds. The summed E-state index contributed by atoms with van der Waals surface area (Å²) in [6.07, 6.45) is 1.40. The zero-order valence-corrected chi connectivity index (χ0v) is 22.3. The predicted molar refractivity (Wildman–Crippen MR) is 139 cm³/mol. The predicted octanol–water partition coefficient (Wildman–Crippen LogP) is 4.78. The van der Waals surface area contributed by atoms with Crippen LogP contribution in [-0.4, -0.2) is 41.1 Å². The number of nitrogens with zero attached hydrogens (tertiary/aromatic N) is 1. The molecule has 2 aromatic carbocycles. The maximum Gasteiger partial charge on any atom is 0.338 e. The van der Waals surface area contributed by atoms with Gasteiger partial charge in [0.25, 0.3) is 5.91 Å². The number of ether oxygens (including phenoxy) is 1. The summed E-state index contributed by atoms with van der Waals surface area (Å²) in [5, 5.41) is 2.07. The first-order chi connectivity index (χ1) is 17.2. The lowest BCUT2D eigenvalue weighted by Gasteiger charge is -2.28. The Morgan fingerprint density at radius 1 is 1.06 bits per heavy atom. The van der Waals surface area contributed by atoms with Crippen molar-refractivity contribution in [3.63, 3.8) is 0 Å². The molecule has 2 aliphatic carbocycles. The molecule has 36 heavy (non-hydrogen) atoms. The number of aryl methyl sites for hydroxylation is 1. The summed E-state index contributed by atoms with van der Waals surface area (Å²) in [4.78, 5) is 52.6. The van der Waals surface area contributed by atoms with E-state index in [9.17, 15) is 19.2 Å². The van der Waals surface area contributed by atoms with Gasteiger partial charge >= 0.3 is 5.97 Å². The highest BCUT2D eigenvalue weighted by Crippen LogP contribution is 2.59. The standard InChI is InChI=1S/C26H23BrCl2N2O5/c1-2-12-8-14(27)6-7-18(12)30-19(32)11-36-26(35)13-4-3-5-15(9-13)31-24(33)20-16-10-17(21(20)25(31)34)23(29)22(16)28/h3-9,16-17,20-23H,2,10-11H2,1H3,(H,30,32)/t16-,17-,20-,21+,22-,23+/m1/s1. The molecule has 0 aromatic heterocycles. The number of esters is 1. The minimum atomic E-state index is -0.737. The van der Waals surface area contributed by atoms with Gasteiger partial charge in [-0.05, 0) is 66.6 Å². The summed E-state index contributed by atoms with van der Waals surface area (Å²) in [7, 11) is 0. The Hall–Kier alpha value is -2.42. The van der Waals surface area contributed by atoms with Crippen LogP contribution in [0.2, 0.25) is 0 Å². The van der Waals surface area contributed by atoms with Gasteiger partial charge in [-0.25, -0.2) is 4.79 Å². The Labute approximate surface area is 226 Å². The van der Waals surface area contributed by atoms with E-state index in [4.69, 9.17) is 27.9 Å². The second-order valence-electron chi connectivity index (χ2n) is 9.35. The van der Waals surface area contributed by atoms with E-state index < -0.39 is 30.3 Å². The summed E-state index contributed by atoms with van der Waals surface area (Å²) < 4.78 is 6.10. The number of halogens is 3. The van der Waals surface area contributed by atoms with Crippen molar-refractivity contribution in [2.75, 3.05) is 16.8 Å². The van der Waals surface area contributed by atoms with Crippen LogP contribution < -0.4 is 10.2 Å². The maximum absolute atomic E-state index is 13.2. The van der Waals surface area contributed by atoms with Gasteiger partial charge in [-0.15, -0.1) is 23.2 Å². The number of carbonyl (C=O) groups excluding carboxylic acids is 4. The van der Waals surface area contributed by atoms with Gasteiger partial charge in [-0.3, -0.25) is 19.3 Å². The first kappa shape index (κ1) is 25.2. The molecule has 2 aromatic rings. The average molecular weight is 594 g/mol. The fourth-order valence-electron chi connectivity index (χ4n) is 5.75. The van der Waals surface area contributed by atoms with Gasteiger partial charge in [0, 0.05) is 10.2 Å². The van der Waals surface area contributed by atoms with E-state index in [0.29, 0.717) is 12.1 Å². The second kappa shape index (κ2) is 9.80. The Balaban J connectivity index is 1.26. The number of alkyl halides is 2. The van der Waals surface area contributed by atoms with Crippen molar-refractivity contribution in [1.29, 1.82) is 0 Å². The molecule has 5 rings (SSSR count). The van der Waals surface area contributed by atoms with Gasteiger partial charge in [0.15, 0.2) is 6.61 Å². The highest BCUT2D eigenvalue weighted by atomic mass is 79.9. The lowest BCUT2D eigenvalue weighted by molar-refractivity contribution is -0.123. The van der Waals surface area contributed by atoms with Crippen molar-refractivity contribution >= 4 is 74.2 Å². The van der Waals surface area contributed by atoms with E-state index in [0.717, 1.165) is 21.4 Å². The van der Waals surface area contributed by atoms with E-state index in [2.05, 4.69) is 21.2 Å². The molecular formula is C26H23BrCl2N2O5. The first-order valence-electron chi connectivity index (χ1n) is 11.7.